The molecule has 0 aromatic heterocycles. The second kappa shape index (κ2) is 8.33. The van der Waals surface area contributed by atoms with Crippen molar-refractivity contribution < 1.29 is 23.1 Å². The van der Waals surface area contributed by atoms with Gasteiger partial charge in [0.2, 0.25) is 15.9 Å². The minimum atomic E-state index is -3.92. The minimum Gasteiger partial charge on any atom is -0.478 e. The number of carbonyl (C=O) groups excluding carboxylic acids is 1. The number of amides is 1. The molecule has 4 rings (SSSR count). The molecule has 3 aromatic rings. The van der Waals surface area contributed by atoms with Gasteiger partial charge in [0.15, 0.2) is 0 Å². The fourth-order valence-electron chi connectivity index (χ4n) is 3.67. The van der Waals surface area contributed by atoms with Gasteiger partial charge < -0.3 is 10.4 Å². The Morgan fingerprint density at radius 1 is 1.00 bits per heavy atom. The van der Waals surface area contributed by atoms with E-state index in [0.717, 1.165) is 10.8 Å². The first-order chi connectivity index (χ1) is 14.8. The van der Waals surface area contributed by atoms with E-state index in [-0.39, 0.29) is 28.7 Å². The van der Waals surface area contributed by atoms with Gasteiger partial charge >= 0.3 is 5.97 Å². The van der Waals surface area contributed by atoms with E-state index in [1.54, 1.807) is 18.2 Å². The van der Waals surface area contributed by atoms with Crippen LogP contribution in [0.4, 0.5) is 5.69 Å². The molecule has 0 radical (unpaired) electrons. The fourth-order valence-corrected chi connectivity index (χ4v) is 5.84. The van der Waals surface area contributed by atoms with Crippen LogP contribution in [0.5, 0.6) is 0 Å². The monoisotopic (exact) mass is 456 g/mol. The largest absolute Gasteiger partial charge is 0.478 e. The third-order valence-electron chi connectivity index (χ3n) is 5.26. The minimum absolute atomic E-state index is 0.0924. The number of nitrogens with one attached hydrogen (secondary N) is 1. The number of carboxylic acids is 1. The van der Waals surface area contributed by atoms with Gasteiger partial charge in [0, 0.05) is 17.5 Å². The first kappa shape index (κ1) is 21.4. The molecule has 2 unspecified atom stereocenters. The smallest absolute Gasteiger partial charge is 0.335 e. The zero-order valence-electron chi connectivity index (χ0n) is 16.3. The van der Waals surface area contributed by atoms with Gasteiger partial charge in [-0.1, -0.05) is 30.3 Å². The standard InChI is InChI=1S/C22H20N2O5S2/c25-21(23-17-8-5-15(6-9-17)22(26)27)20-12-18(30)13-24(20)31(28,29)19-10-7-14-3-1-2-4-16(14)11-19/h1-11,18,20,30H,12-13H2,(H,23,25)(H,26,27). The number of nitrogens with zero attached hydrogens (tertiary/aromatic N) is 1. The molecule has 1 fully saturated rings. The number of aromatic carboxylic acids is 1. The Kier molecular flexibility index (Phi) is 5.74. The zero-order valence-corrected chi connectivity index (χ0v) is 18.0. The molecule has 1 aliphatic rings. The number of carboxylic acid groups (broad SMARTS) is 1. The molecule has 1 amide bonds. The van der Waals surface area contributed by atoms with E-state index in [1.165, 1.54) is 28.6 Å². The first-order valence-electron chi connectivity index (χ1n) is 9.58. The maximum atomic E-state index is 13.4. The van der Waals surface area contributed by atoms with Gasteiger partial charge in [-0.15, -0.1) is 0 Å². The average molecular weight is 457 g/mol. The van der Waals surface area contributed by atoms with Crippen molar-refractivity contribution in [2.24, 2.45) is 0 Å². The van der Waals surface area contributed by atoms with Crippen LogP contribution in [0, 0.1) is 0 Å². The summed E-state index contributed by atoms with van der Waals surface area (Å²) in [6.07, 6.45) is 0.273. The molecule has 0 aliphatic carbocycles. The molecule has 160 valence electrons. The van der Waals surface area contributed by atoms with Crippen molar-refractivity contribution >= 4 is 51.0 Å². The lowest BCUT2D eigenvalue weighted by molar-refractivity contribution is -0.119. The quantitative estimate of drug-likeness (QED) is 0.512. The number of hydrogen-bond acceptors (Lipinski definition) is 5. The number of hydrogen-bond donors (Lipinski definition) is 3. The maximum Gasteiger partial charge on any atom is 0.335 e. The van der Waals surface area contributed by atoms with Crippen molar-refractivity contribution in [3.05, 3.63) is 72.3 Å². The molecule has 3 aromatic carbocycles. The summed E-state index contributed by atoms with van der Waals surface area (Å²) in [5.74, 6) is -1.55. The van der Waals surface area contributed by atoms with Gasteiger partial charge in [0.25, 0.3) is 0 Å². The predicted molar refractivity (Wildman–Crippen MR) is 121 cm³/mol. The Morgan fingerprint density at radius 3 is 2.35 bits per heavy atom. The van der Waals surface area contributed by atoms with Gasteiger partial charge in [-0.3, -0.25) is 4.79 Å². The van der Waals surface area contributed by atoms with E-state index < -0.39 is 27.9 Å². The van der Waals surface area contributed by atoms with Crippen molar-refractivity contribution in [3.8, 4) is 0 Å². The van der Waals surface area contributed by atoms with Gasteiger partial charge in [-0.2, -0.15) is 16.9 Å². The molecule has 1 saturated heterocycles. The zero-order chi connectivity index (χ0) is 22.2. The van der Waals surface area contributed by atoms with Crippen LogP contribution in [0.1, 0.15) is 16.8 Å². The lowest BCUT2D eigenvalue weighted by atomic mass is 10.1. The summed E-state index contributed by atoms with van der Waals surface area (Å²) in [6.45, 7) is 0.119. The average Bonchev–Trinajstić information content (AvgIpc) is 3.16. The Bertz CT molecular complexity index is 1260. The highest BCUT2D eigenvalue weighted by molar-refractivity contribution is 7.89. The highest BCUT2D eigenvalue weighted by atomic mass is 32.2. The van der Waals surface area contributed by atoms with Crippen LogP contribution < -0.4 is 5.32 Å². The number of carbonyl (C=O) groups is 2. The number of thiol groups is 1. The van der Waals surface area contributed by atoms with Crippen molar-refractivity contribution in [2.45, 2.75) is 22.6 Å². The summed E-state index contributed by atoms with van der Waals surface area (Å²) in [4.78, 5) is 24.0. The van der Waals surface area contributed by atoms with Gasteiger partial charge in [0.05, 0.1) is 10.5 Å². The molecular weight excluding hydrogens is 436 g/mol. The van der Waals surface area contributed by atoms with Crippen LogP contribution in [0.3, 0.4) is 0 Å². The van der Waals surface area contributed by atoms with Crippen molar-refractivity contribution in [2.75, 3.05) is 11.9 Å². The van der Waals surface area contributed by atoms with Crippen LogP contribution >= 0.6 is 12.6 Å². The molecule has 31 heavy (non-hydrogen) atoms. The molecular formula is C22H20N2O5S2. The summed E-state index contributed by atoms with van der Waals surface area (Å²) in [6, 6.07) is 17.1. The second-order valence-electron chi connectivity index (χ2n) is 7.36. The molecule has 7 nitrogen and oxygen atoms in total. The fraction of sp³-hybridized carbons (Fsp3) is 0.182. The number of benzene rings is 3. The van der Waals surface area contributed by atoms with Crippen LogP contribution in [0.2, 0.25) is 0 Å². The number of rotatable bonds is 5. The third-order valence-corrected chi connectivity index (χ3v) is 7.51. The first-order valence-corrected chi connectivity index (χ1v) is 11.5. The van der Waals surface area contributed by atoms with Crippen LogP contribution in [-0.2, 0) is 14.8 Å². The highest BCUT2D eigenvalue weighted by Gasteiger charge is 2.43. The van der Waals surface area contributed by atoms with Gasteiger partial charge in [-0.25, -0.2) is 13.2 Å². The lowest BCUT2D eigenvalue weighted by Gasteiger charge is -2.23. The molecule has 2 N–H and O–H groups in total. The van der Waals surface area contributed by atoms with E-state index in [2.05, 4.69) is 17.9 Å². The van der Waals surface area contributed by atoms with E-state index in [9.17, 15) is 18.0 Å². The van der Waals surface area contributed by atoms with Crippen LogP contribution in [-0.4, -0.2) is 47.5 Å². The van der Waals surface area contributed by atoms with Crippen LogP contribution in [0.25, 0.3) is 10.8 Å². The Morgan fingerprint density at radius 2 is 1.68 bits per heavy atom. The molecule has 9 heteroatoms. The second-order valence-corrected chi connectivity index (χ2v) is 9.98. The van der Waals surface area contributed by atoms with Gasteiger partial charge in [-0.05, 0) is 53.6 Å². The SMILES string of the molecule is O=C(O)c1ccc(NC(=O)C2CC(S)CN2S(=O)(=O)c2ccc3ccccc3c2)cc1. The van der Waals surface area contributed by atoms with Crippen LogP contribution in [0.15, 0.2) is 71.6 Å². The van der Waals surface area contributed by atoms with Gasteiger partial charge in [0.1, 0.15) is 6.04 Å². The molecule has 0 saturated carbocycles. The van der Waals surface area contributed by atoms with E-state index in [0.29, 0.717) is 5.69 Å². The molecule has 0 spiro atoms. The molecule has 1 heterocycles. The lowest BCUT2D eigenvalue weighted by Crippen LogP contribution is -2.43. The summed E-state index contributed by atoms with van der Waals surface area (Å²) in [7, 11) is -3.92. The Labute approximate surface area is 185 Å². The predicted octanol–water partition coefficient (Wildman–Crippen LogP) is 3.24. The number of sulfonamides is 1. The summed E-state index contributed by atoms with van der Waals surface area (Å²) in [5, 5.41) is 13.1. The number of fused-ring (bicyclic) bond motifs is 1. The Balaban J connectivity index is 1.60. The topological polar surface area (TPSA) is 104 Å². The summed E-state index contributed by atoms with van der Waals surface area (Å²) < 4.78 is 27.9. The Hall–Kier alpha value is -2.88. The number of anilines is 1. The van der Waals surface area contributed by atoms with E-state index >= 15 is 0 Å². The maximum absolute atomic E-state index is 13.4. The van der Waals surface area contributed by atoms with E-state index in [4.69, 9.17) is 5.11 Å². The molecule has 0 bridgehead atoms. The molecule has 2 atom stereocenters. The van der Waals surface area contributed by atoms with Crippen molar-refractivity contribution in [1.29, 1.82) is 0 Å². The van der Waals surface area contributed by atoms with Crippen molar-refractivity contribution in [1.82, 2.24) is 4.31 Å². The van der Waals surface area contributed by atoms with E-state index in [1.807, 2.05) is 24.3 Å². The summed E-state index contributed by atoms with van der Waals surface area (Å²) in [5.41, 5.74) is 0.482. The normalized spacial score (nSPS) is 19.4. The highest BCUT2D eigenvalue weighted by Crippen LogP contribution is 2.31. The third kappa shape index (κ3) is 4.30. The summed E-state index contributed by atoms with van der Waals surface area (Å²) >= 11 is 4.42. The van der Waals surface area contributed by atoms with Crippen molar-refractivity contribution in [3.63, 3.8) is 0 Å². The molecule has 1 aliphatic heterocycles.